The molecule has 0 unspecified atom stereocenters. The minimum absolute atomic E-state index is 0.506. The van der Waals surface area contributed by atoms with Gasteiger partial charge in [0.1, 0.15) is 0 Å². The molecule has 0 saturated heterocycles. The van der Waals surface area contributed by atoms with Crippen LogP contribution in [-0.2, 0) is 6.42 Å². The van der Waals surface area contributed by atoms with Crippen molar-refractivity contribution in [1.82, 2.24) is 4.98 Å². The Hall–Kier alpha value is -0.560. The Morgan fingerprint density at radius 2 is 1.73 bits per heavy atom. The van der Waals surface area contributed by atoms with Gasteiger partial charge in [-0.25, -0.2) is 0 Å². The van der Waals surface area contributed by atoms with E-state index in [0.29, 0.717) is 5.92 Å². The molecule has 0 aliphatic heterocycles. The molecule has 0 aliphatic rings. The van der Waals surface area contributed by atoms with Crippen LogP contribution in [0.25, 0.3) is 0 Å². The number of hydrogen-bond acceptors (Lipinski definition) is 1. The van der Waals surface area contributed by atoms with Crippen LogP contribution in [-0.4, -0.2) is 4.98 Å². The molecule has 0 fully saturated rings. The van der Waals surface area contributed by atoms with Crippen LogP contribution in [0, 0.1) is 0 Å². The second-order valence-corrected chi connectivity index (χ2v) is 4.31. The van der Waals surface area contributed by atoms with Crippen LogP contribution in [0.5, 0.6) is 0 Å². The second kappa shape index (κ2) is 7.70. The van der Waals surface area contributed by atoms with Gasteiger partial charge in [0.15, 0.2) is 0 Å². The third-order valence-corrected chi connectivity index (χ3v) is 2.34. The average molecular weight is 228 g/mol. The van der Waals surface area contributed by atoms with E-state index in [1.807, 2.05) is 6.20 Å². The first-order valence-electron chi connectivity index (χ1n) is 5.70. The van der Waals surface area contributed by atoms with Crippen LogP contribution >= 0.6 is 11.6 Å². The Morgan fingerprint density at radius 3 is 2.07 bits per heavy atom. The van der Waals surface area contributed by atoms with Crippen molar-refractivity contribution in [3.05, 3.63) is 28.5 Å². The summed E-state index contributed by atoms with van der Waals surface area (Å²) in [6.07, 6.45) is 5.86. The van der Waals surface area contributed by atoms with Gasteiger partial charge in [0.25, 0.3) is 0 Å². The molecule has 0 N–H and O–H groups in total. The molecular formula is C13H22ClN. The highest BCUT2D eigenvalue weighted by Gasteiger charge is 2.08. The lowest BCUT2D eigenvalue weighted by atomic mass is 9.98. The molecule has 15 heavy (non-hydrogen) atoms. The van der Waals surface area contributed by atoms with Gasteiger partial charge in [0.2, 0.25) is 0 Å². The SMILES string of the molecule is CCC.CCc1c(Cl)cncc1C(C)C. The molecule has 0 aliphatic carbocycles. The van der Waals surface area contributed by atoms with E-state index in [0.717, 1.165) is 11.4 Å². The zero-order chi connectivity index (χ0) is 11.8. The highest BCUT2D eigenvalue weighted by molar-refractivity contribution is 6.31. The summed E-state index contributed by atoms with van der Waals surface area (Å²) in [6.45, 7) is 10.7. The summed E-state index contributed by atoms with van der Waals surface area (Å²) in [7, 11) is 0. The van der Waals surface area contributed by atoms with Gasteiger partial charge in [0.05, 0.1) is 5.02 Å². The third kappa shape index (κ3) is 4.65. The fourth-order valence-corrected chi connectivity index (χ4v) is 1.65. The van der Waals surface area contributed by atoms with Crippen molar-refractivity contribution in [2.75, 3.05) is 0 Å². The quantitative estimate of drug-likeness (QED) is 0.705. The average Bonchev–Trinajstić information content (AvgIpc) is 2.18. The van der Waals surface area contributed by atoms with E-state index in [2.05, 4.69) is 39.6 Å². The molecule has 0 saturated carbocycles. The maximum absolute atomic E-state index is 6.01. The van der Waals surface area contributed by atoms with Crippen molar-refractivity contribution in [2.24, 2.45) is 0 Å². The summed E-state index contributed by atoms with van der Waals surface area (Å²) in [4.78, 5) is 4.08. The fraction of sp³-hybridized carbons (Fsp3) is 0.615. The van der Waals surface area contributed by atoms with Crippen LogP contribution in [0.1, 0.15) is 58.1 Å². The normalized spacial score (nSPS) is 9.80. The fourth-order valence-electron chi connectivity index (χ4n) is 1.35. The largest absolute Gasteiger partial charge is 0.263 e. The van der Waals surface area contributed by atoms with Gasteiger partial charge in [-0.15, -0.1) is 0 Å². The topological polar surface area (TPSA) is 12.9 Å². The molecule has 0 spiro atoms. The maximum atomic E-state index is 6.01. The number of halogens is 1. The van der Waals surface area contributed by atoms with E-state index in [-0.39, 0.29) is 0 Å². The molecule has 1 rings (SSSR count). The van der Waals surface area contributed by atoms with Crippen LogP contribution in [0.4, 0.5) is 0 Å². The van der Waals surface area contributed by atoms with Crippen molar-refractivity contribution < 1.29 is 0 Å². The smallest absolute Gasteiger partial charge is 0.0624 e. The first-order chi connectivity index (χ1) is 7.08. The summed E-state index contributed by atoms with van der Waals surface area (Å²) in [5.41, 5.74) is 2.51. The predicted molar refractivity (Wildman–Crippen MR) is 68.7 cm³/mol. The van der Waals surface area contributed by atoms with Crippen molar-refractivity contribution in [3.8, 4) is 0 Å². The number of nitrogens with zero attached hydrogens (tertiary/aromatic N) is 1. The molecule has 1 nitrogen and oxygen atoms in total. The minimum Gasteiger partial charge on any atom is -0.263 e. The lowest BCUT2D eigenvalue weighted by Crippen LogP contribution is -1.97. The predicted octanol–water partition coefficient (Wildman–Crippen LogP) is 4.84. The van der Waals surface area contributed by atoms with E-state index >= 15 is 0 Å². The van der Waals surface area contributed by atoms with Gasteiger partial charge >= 0.3 is 0 Å². The Kier molecular flexibility index (Phi) is 7.41. The van der Waals surface area contributed by atoms with Crippen molar-refractivity contribution in [2.45, 2.75) is 53.4 Å². The van der Waals surface area contributed by atoms with Gasteiger partial charge in [-0.2, -0.15) is 0 Å². The molecule has 0 bridgehead atoms. The van der Waals surface area contributed by atoms with Crippen molar-refractivity contribution >= 4 is 11.6 Å². The summed E-state index contributed by atoms with van der Waals surface area (Å²) >= 11 is 6.01. The summed E-state index contributed by atoms with van der Waals surface area (Å²) < 4.78 is 0. The molecule has 1 aromatic heterocycles. The van der Waals surface area contributed by atoms with Gasteiger partial charge < -0.3 is 0 Å². The number of hydrogen-bond donors (Lipinski definition) is 0. The van der Waals surface area contributed by atoms with E-state index < -0.39 is 0 Å². The molecule has 0 radical (unpaired) electrons. The van der Waals surface area contributed by atoms with Gasteiger partial charge in [0, 0.05) is 12.4 Å². The highest BCUT2D eigenvalue weighted by Crippen LogP contribution is 2.24. The van der Waals surface area contributed by atoms with Crippen LogP contribution in [0.2, 0.25) is 5.02 Å². The molecule has 1 heterocycles. The molecule has 0 atom stereocenters. The Bertz CT molecular complexity index is 282. The van der Waals surface area contributed by atoms with Gasteiger partial charge in [-0.1, -0.05) is 52.6 Å². The summed E-state index contributed by atoms with van der Waals surface area (Å²) in [6, 6.07) is 0. The molecule has 1 aromatic rings. The summed E-state index contributed by atoms with van der Waals surface area (Å²) in [5.74, 6) is 0.506. The van der Waals surface area contributed by atoms with Crippen LogP contribution in [0.3, 0.4) is 0 Å². The van der Waals surface area contributed by atoms with E-state index in [1.54, 1.807) is 6.20 Å². The highest BCUT2D eigenvalue weighted by atomic mass is 35.5. The Balaban J connectivity index is 0.000000583. The number of aromatic nitrogens is 1. The van der Waals surface area contributed by atoms with Gasteiger partial charge in [-0.3, -0.25) is 4.98 Å². The molecule has 86 valence electrons. The molecule has 2 heteroatoms. The van der Waals surface area contributed by atoms with Crippen LogP contribution in [0.15, 0.2) is 12.4 Å². The Labute approximate surface area is 98.9 Å². The van der Waals surface area contributed by atoms with Crippen molar-refractivity contribution in [3.63, 3.8) is 0 Å². The lowest BCUT2D eigenvalue weighted by molar-refractivity contribution is 0.835. The minimum atomic E-state index is 0.506. The number of pyridine rings is 1. The monoisotopic (exact) mass is 227 g/mol. The van der Waals surface area contributed by atoms with Gasteiger partial charge in [-0.05, 0) is 23.5 Å². The standard InChI is InChI=1S/C10H14ClN.C3H8/c1-4-8-9(7(2)3)5-12-6-10(8)11;1-3-2/h5-7H,4H2,1-3H3;3H2,1-2H3. The molecular weight excluding hydrogens is 206 g/mol. The van der Waals surface area contributed by atoms with E-state index in [9.17, 15) is 0 Å². The van der Waals surface area contributed by atoms with E-state index in [1.165, 1.54) is 17.5 Å². The number of rotatable bonds is 2. The summed E-state index contributed by atoms with van der Waals surface area (Å²) in [5, 5.41) is 0.795. The maximum Gasteiger partial charge on any atom is 0.0624 e. The van der Waals surface area contributed by atoms with E-state index in [4.69, 9.17) is 11.6 Å². The van der Waals surface area contributed by atoms with Crippen molar-refractivity contribution in [1.29, 1.82) is 0 Å². The van der Waals surface area contributed by atoms with Crippen LogP contribution < -0.4 is 0 Å². The third-order valence-electron chi connectivity index (χ3n) is 2.01. The zero-order valence-electron chi connectivity index (χ0n) is 10.5. The zero-order valence-corrected chi connectivity index (χ0v) is 11.2. The second-order valence-electron chi connectivity index (χ2n) is 3.90. The molecule has 0 amide bonds. The first kappa shape index (κ1) is 14.4. The lowest BCUT2D eigenvalue weighted by Gasteiger charge is -2.11. The Morgan fingerprint density at radius 1 is 1.20 bits per heavy atom. The first-order valence-corrected chi connectivity index (χ1v) is 6.08. The molecule has 0 aromatic carbocycles.